The van der Waals surface area contributed by atoms with Crippen molar-refractivity contribution in [1.82, 2.24) is 0 Å². The summed E-state index contributed by atoms with van der Waals surface area (Å²) in [4.78, 5) is 0. The van der Waals surface area contributed by atoms with E-state index in [4.69, 9.17) is 4.74 Å². The molecule has 18 heavy (non-hydrogen) atoms. The van der Waals surface area contributed by atoms with Gasteiger partial charge in [0.05, 0.1) is 6.61 Å². The predicted molar refractivity (Wildman–Crippen MR) is 73.3 cm³/mol. The highest BCUT2D eigenvalue weighted by atomic mass is 32.1. The molecule has 1 atom stereocenters. The van der Waals surface area contributed by atoms with Crippen LogP contribution in [0.4, 0.5) is 0 Å². The van der Waals surface area contributed by atoms with Crippen LogP contribution in [0.5, 0.6) is 5.75 Å². The molecule has 1 unspecified atom stereocenters. The number of hydrogen-bond acceptors (Lipinski definition) is 3. The van der Waals surface area contributed by atoms with Crippen LogP contribution in [0.15, 0.2) is 35.0 Å². The van der Waals surface area contributed by atoms with Crippen molar-refractivity contribution < 1.29 is 9.84 Å². The lowest BCUT2D eigenvalue weighted by molar-refractivity contribution is 0.220. The zero-order chi connectivity index (χ0) is 12.8. The maximum atomic E-state index is 10.3. The second kappa shape index (κ2) is 4.11. The van der Waals surface area contributed by atoms with Crippen LogP contribution < -0.4 is 4.74 Å². The average Bonchev–Trinajstić information content (AvgIpc) is 2.97. The number of fused-ring (bicyclic) bond motifs is 1. The first-order chi connectivity index (χ1) is 8.58. The van der Waals surface area contributed by atoms with Crippen LogP contribution in [-0.4, -0.2) is 11.7 Å². The summed E-state index contributed by atoms with van der Waals surface area (Å²) >= 11 is 1.60. The zero-order valence-electron chi connectivity index (χ0n) is 10.5. The highest BCUT2D eigenvalue weighted by Gasteiger charge is 2.32. The molecule has 3 heteroatoms. The molecule has 0 saturated heterocycles. The molecule has 0 bridgehead atoms. The number of aliphatic hydroxyl groups excluding tert-OH is 1. The van der Waals surface area contributed by atoms with Crippen molar-refractivity contribution in [2.45, 2.75) is 25.4 Å². The molecule has 2 heterocycles. The normalized spacial score (nSPS) is 18.2. The van der Waals surface area contributed by atoms with Crippen molar-refractivity contribution in [2.24, 2.45) is 0 Å². The lowest BCUT2D eigenvalue weighted by Gasteiger charge is -2.17. The highest BCUT2D eigenvalue weighted by molar-refractivity contribution is 7.07. The standard InChI is InChI=1S/C15H16O2S/c1-15(2)9-17-13-4-3-10(7-12(13)15)14(16)11-5-6-18-8-11/h3-8,14,16H,9H2,1-2H3. The van der Waals surface area contributed by atoms with E-state index in [1.54, 1.807) is 11.3 Å². The number of hydrogen-bond donors (Lipinski definition) is 1. The van der Waals surface area contributed by atoms with Crippen molar-refractivity contribution in [1.29, 1.82) is 0 Å². The zero-order valence-corrected chi connectivity index (χ0v) is 11.3. The van der Waals surface area contributed by atoms with Crippen LogP contribution in [-0.2, 0) is 5.41 Å². The Kier molecular flexibility index (Phi) is 2.68. The van der Waals surface area contributed by atoms with Crippen LogP contribution in [0.1, 0.15) is 36.6 Å². The van der Waals surface area contributed by atoms with Gasteiger partial charge < -0.3 is 9.84 Å². The van der Waals surface area contributed by atoms with E-state index in [0.717, 1.165) is 16.9 Å². The number of rotatable bonds is 2. The Morgan fingerprint density at radius 1 is 1.28 bits per heavy atom. The van der Waals surface area contributed by atoms with Gasteiger partial charge in [0.25, 0.3) is 0 Å². The Balaban J connectivity index is 2.00. The quantitative estimate of drug-likeness (QED) is 0.895. The monoisotopic (exact) mass is 260 g/mol. The number of benzene rings is 1. The number of thiophene rings is 1. The first-order valence-corrected chi connectivity index (χ1v) is 6.99. The predicted octanol–water partition coefficient (Wildman–Crippen LogP) is 3.50. The molecule has 0 amide bonds. The molecule has 1 N–H and O–H groups in total. The fourth-order valence-corrected chi connectivity index (χ4v) is 3.01. The third-order valence-electron chi connectivity index (χ3n) is 3.50. The maximum absolute atomic E-state index is 10.3. The molecule has 0 spiro atoms. The van der Waals surface area contributed by atoms with Gasteiger partial charge >= 0.3 is 0 Å². The van der Waals surface area contributed by atoms with Crippen molar-refractivity contribution in [3.8, 4) is 5.75 Å². The van der Waals surface area contributed by atoms with Gasteiger partial charge in [-0.2, -0.15) is 11.3 Å². The van der Waals surface area contributed by atoms with Crippen molar-refractivity contribution in [3.63, 3.8) is 0 Å². The molecule has 0 aliphatic carbocycles. The van der Waals surface area contributed by atoms with E-state index in [1.807, 2.05) is 29.0 Å². The molecule has 0 fully saturated rings. The molecule has 0 saturated carbocycles. The molecule has 3 rings (SSSR count). The summed E-state index contributed by atoms with van der Waals surface area (Å²) in [5.41, 5.74) is 3.11. The molecule has 94 valence electrons. The summed E-state index contributed by atoms with van der Waals surface area (Å²) in [6, 6.07) is 7.95. The molecule has 2 aromatic rings. The summed E-state index contributed by atoms with van der Waals surface area (Å²) in [5, 5.41) is 14.3. The molecule has 0 radical (unpaired) electrons. The number of ether oxygens (including phenoxy) is 1. The van der Waals surface area contributed by atoms with Crippen LogP contribution in [0.3, 0.4) is 0 Å². The van der Waals surface area contributed by atoms with Gasteiger partial charge in [-0.25, -0.2) is 0 Å². The lowest BCUT2D eigenvalue weighted by atomic mass is 9.85. The van der Waals surface area contributed by atoms with E-state index in [1.165, 1.54) is 5.56 Å². The van der Waals surface area contributed by atoms with Gasteiger partial charge in [0.1, 0.15) is 11.9 Å². The SMILES string of the molecule is CC1(C)COc2ccc(C(O)c3ccsc3)cc21. The minimum atomic E-state index is -0.544. The third kappa shape index (κ3) is 1.84. The van der Waals surface area contributed by atoms with Crippen LogP contribution in [0, 0.1) is 0 Å². The van der Waals surface area contributed by atoms with Gasteiger partial charge in [-0.05, 0) is 40.1 Å². The molecular weight excluding hydrogens is 244 g/mol. The van der Waals surface area contributed by atoms with E-state index < -0.39 is 6.10 Å². The summed E-state index contributed by atoms with van der Waals surface area (Å²) in [6.07, 6.45) is -0.544. The Hall–Kier alpha value is -1.32. The smallest absolute Gasteiger partial charge is 0.123 e. The van der Waals surface area contributed by atoms with Gasteiger partial charge in [-0.15, -0.1) is 0 Å². The minimum absolute atomic E-state index is 0.0275. The van der Waals surface area contributed by atoms with Gasteiger partial charge in [0.15, 0.2) is 0 Å². The Morgan fingerprint density at radius 2 is 2.11 bits per heavy atom. The fourth-order valence-electron chi connectivity index (χ4n) is 2.33. The maximum Gasteiger partial charge on any atom is 0.123 e. The van der Waals surface area contributed by atoms with Crippen LogP contribution in [0.25, 0.3) is 0 Å². The van der Waals surface area contributed by atoms with Gasteiger partial charge in [0, 0.05) is 11.0 Å². The van der Waals surface area contributed by atoms with Crippen molar-refractivity contribution in [2.75, 3.05) is 6.61 Å². The second-order valence-corrected chi connectivity index (χ2v) is 6.17. The van der Waals surface area contributed by atoms with E-state index >= 15 is 0 Å². The van der Waals surface area contributed by atoms with Crippen LogP contribution >= 0.6 is 11.3 Å². The second-order valence-electron chi connectivity index (χ2n) is 5.39. The fraction of sp³-hybridized carbons (Fsp3) is 0.333. The van der Waals surface area contributed by atoms with Gasteiger partial charge in [-0.3, -0.25) is 0 Å². The molecular formula is C15H16O2S. The molecule has 1 aromatic carbocycles. The van der Waals surface area contributed by atoms with Crippen LogP contribution in [0.2, 0.25) is 0 Å². The topological polar surface area (TPSA) is 29.5 Å². The van der Waals surface area contributed by atoms with E-state index in [-0.39, 0.29) is 5.41 Å². The molecule has 1 aliphatic rings. The molecule has 2 nitrogen and oxygen atoms in total. The largest absolute Gasteiger partial charge is 0.492 e. The van der Waals surface area contributed by atoms with Crippen molar-refractivity contribution in [3.05, 3.63) is 51.7 Å². The first kappa shape index (κ1) is 11.8. The van der Waals surface area contributed by atoms with Gasteiger partial charge in [-0.1, -0.05) is 19.9 Å². The summed E-state index contributed by atoms with van der Waals surface area (Å²) < 4.78 is 5.66. The van der Waals surface area contributed by atoms with E-state index in [9.17, 15) is 5.11 Å². The Morgan fingerprint density at radius 3 is 2.83 bits per heavy atom. The first-order valence-electron chi connectivity index (χ1n) is 6.05. The van der Waals surface area contributed by atoms with E-state index in [2.05, 4.69) is 19.9 Å². The van der Waals surface area contributed by atoms with Gasteiger partial charge in [0.2, 0.25) is 0 Å². The highest BCUT2D eigenvalue weighted by Crippen LogP contribution is 2.40. The summed E-state index contributed by atoms with van der Waals surface area (Å²) in [5.74, 6) is 0.946. The Bertz CT molecular complexity index is 558. The Labute approximate surface area is 111 Å². The van der Waals surface area contributed by atoms with Crippen molar-refractivity contribution >= 4 is 11.3 Å². The third-order valence-corrected chi connectivity index (χ3v) is 4.20. The molecule has 1 aliphatic heterocycles. The average molecular weight is 260 g/mol. The molecule has 1 aromatic heterocycles. The summed E-state index contributed by atoms with van der Waals surface area (Å²) in [6.45, 7) is 5.04. The number of aliphatic hydroxyl groups is 1. The lowest BCUT2D eigenvalue weighted by Crippen LogP contribution is -2.18. The summed E-state index contributed by atoms with van der Waals surface area (Å²) in [7, 11) is 0. The minimum Gasteiger partial charge on any atom is -0.492 e. The van der Waals surface area contributed by atoms with E-state index in [0.29, 0.717) is 6.61 Å².